The molecule has 0 aliphatic heterocycles. The number of nitrogens with zero attached hydrogens (tertiary/aromatic N) is 3. The van der Waals surface area contributed by atoms with Crippen LogP contribution in [0.5, 0.6) is 0 Å². The van der Waals surface area contributed by atoms with Crippen molar-refractivity contribution in [3.8, 4) is 11.1 Å². The van der Waals surface area contributed by atoms with Gasteiger partial charge in [0.25, 0.3) is 0 Å². The molecule has 0 aliphatic carbocycles. The summed E-state index contributed by atoms with van der Waals surface area (Å²) in [4.78, 5) is 16.0. The highest BCUT2D eigenvalue weighted by molar-refractivity contribution is 7.18. The highest BCUT2D eigenvalue weighted by Crippen LogP contribution is 2.33. The van der Waals surface area contributed by atoms with Crippen molar-refractivity contribution in [1.29, 1.82) is 0 Å². The number of benzene rings is 1. The number of rotatable bonds is 1. The normalized spacial score (nSPS) is 11.4. The van der Waals surface area contributed by atoms with Crippen LogP contribution in [-0.4, -0.2) is 19.6 Å². The molecule has 0 bridgehead atoms. The Morgan fingerprint density at radius 1 is 1.25 bits per heavy atom. The summed E-state index contributed by atoms with van der Waals surface area (Å²) in [6.45, 7) is 2.06. The Balaban J connectivity index is 2.04. The van der Waals surface area contributed by atoms with Crippen LogP contribution in [0.1, 0.15) is 5.56 Å². The van der Waals surface area contributed by atoms with E-state index in [0.717, 1.165) is 21.3 Å². The molecule has 98 valence electrons. The SMILES string of the molecule is Cc1ccc(-c2csc3c2ncn2c(=O)[nH]nc32)cc1. The van der Waals surface area contributed by atoms with Gasteiger partial charge in [0.05, 0.1) is 10.2 Å². The molecule has 20 heavy (non-hydrogen) atoms. The van der Waals surface area contributed by atoms with Crippen LogP contribution < -0.4 is 5.69 Å². The maximum Gasteiger partial charge on any atom is 0.348 e. The Hall–Kier alpha value is -2.47. The summed E-state index contributed by atoms with van der Waals surface area (Å²) in [6.07, 6.45) is 1.52. The molecule has 3 heterocycles. The van der Waals surface area contributed by atoms with Crippen molar-refractivity contribution in [3.63, 3.8) is 0 Å². The van der Waals surface area contributed by atoms with Crippen LogP contribution in [-0.2, 0) is 0 Å². The lowest BCUT2D eigenvalue weighted by molar-refractivity contribution is 1.00. The summed E-state index contributed by atoms with van der Waals surface area (Å²) in [6, 6.07) is 8.33. The van der Waals surface area contributed by atoms with E-state index in [1.165, 1.54) is 16.3 Å². The van der Waals surface area contributed by atoms with Gasteiger partial charge in [0.15, 0.2) is 5.65 Å². The smallest absolute Gasteiger partial charge is 0.246 e. The molecule has 0 radical (unpaired) electrons. The van der Waals surface area contributed by atoms with E-state index < -0.39 is 0 Å². The highest BCUT2D eigenvalue weighted by atomic mass is 32.1. The summed E-state index contributed by atoms with van der Waals surface area (Å²) < 4.78 is 2.35. The molecule has 0 amide bonds. The van der Waals surface area contributed by atoms with E-state index in [1.54, 1.807) is 11.3 Å². The topological polar surface area (TPSA) is 63.1 Å². The van der Waals surface area contributed by atoms with Crippen molar-refractivity contribution < 1.29 is 0 Å². The first-order valence-corrected chi connectivity index (χ1v) is 7.02. The van der Waals surface area contributed by atoms with Gasteiger partial charge in [-0.05, 0) is 12.5 Å². The average molecular weight is 282 g/mol. The summed E-state index contributed by atoms with van der Waals surface area (Å²) in [5.41, 5.74) is 4.66. The second-order valence-electron chi connectivity index (χ2n) is 4.66. The van der Waals surface area contributed by atoms with Crippen molar-refractivity contribution in [2.75, 3.05) is 0 Å². The summed E-state index contributed by atoms with van der Waals surface area (Å²) in [5.74, 6) is 0. The van der Waals surface area contributed by atoms with Gasteiger partial charge in [0.2, 0.25) is 0 Å². The molecule has 0 aliphatic rings. The first-order chi connectivity index (χ1) is 9.74. The third-order valence-corrected chi connectivity index (χ3v) is 4.30. The van der Waals surface area contributed by atoms with Crippen molar-refractivity contribution in [2.24, 2.45) is 0 Å². The molecule has 0 fully saturated rings. The Bertz CT molecular complexity index is 978. The first kappa shape index (κ1) is 11.4. The van der Waals surface area contributed by atoms with E-state index in [9.17, 15) is 4.79 Å². The van der Waals surface area contributed by atoms with Gasteiger partial charge in [-0.15, -0.1) is 11.3 Å². The zero-order valence-electron chi connectivity index (χ0n) is 10.6. The second kappa shape index (κ2) is 4.01. The largest absolute Gasteiger partial charge is 0.348 e. The minimum absolute atomic E-state index is 0.264. The number of hydrogen-bond acceptors (Lipinski definition) is 4. The average Bonchev–Trinajstić information content (AvgIpc) is 3.04. The standard InChI is InChI=1S/C14H10N4OS/c1-8-2-4-9(5-3-8)10-6-20-12-11(10)15-7-18-13(12)16-17-14(18)19/h2-7H,1H3,(H,17,19). The van der Waals surface area contributed by atoms with Gasteiger partial charge < -0.3 is 0 Å². The number of aryl methyl sites for hydroxylation is 1. The van der Waals surface area contributed by atoms with Crippen LogP contribution in [0.2, 0.25) is 0 Å². The van der Waals surface area contributed by atoms with Crippen LogP contribution in [0.4, 0.5) is 0 Å². The van der Waals surface area contributed by atoms with Crippen LogP contribution in [0.25, 0.3) is 27.0 Å². The zero-order chi connectivity index (χ0) is 13.7. The van der Waals surface area contributed by atoms with Gasteiger partial charge in [0, 0.05) is 10.9 Å². The fourth-order valence-electron chi connectivity index (χ4n) is 2.26. The maximum absolute atomic E-state index is 11.5. The van der Waals surface area contributed by atoms with Crippen molar-refractivity contribution in [1.82, 2.24) is 19.6 Å². The molecule has 1 N–H and O–H groups in total. The molecule has 0 unspecified atom stereocenters. The van der Waals surface area contributed by atoms with E-state index in [2.05, 4.69) is 51.8 Å². The molecule has 0 saturated carbocycles. The number of hydrogen-bond donors (Lipinski definition) is 1. The predicted molar refractivity (Wildman–Crippen MR) is 79.2 cm³/mol. The monoisotopic (exact) mass is 282 g/mol. The Labute approximate surface area is 117 Å². The van der Waals surface area contributed by atoms with Crippen molar-refractivity contribution >= 4 is 27.2 Å². The number of aromatic amines is 1. The van der Waals surface area contributed by atoms with E-state index in [4.69, 9.17) is 0 Å². The number of nitrogens with one attached hydrogen (secondary N) is 1. The molecular weight excluding hydrogens is 272 g/mol. The predicted octanol–water partition coefficient (Wildman–Crippen LogP) is 2.61. The molecule has 0 atom stereocenters. The van der Waals surface area contributed by atoms with E-state index in [1.807, 2.05) is 0 Å². The fourth-order valence-corrected chi connectivity index (χ4v) is 3.27. The van der Waals surface area contributed by atoms with Crippen LogP contribution >= 0.6 is 11.3 Å². The second-order valence-corrected chi connectivity index (χ2v) is 5.54. The maximum atomic E-state index is 11.5. The number of thiophene rings is 1. The number of fused-ring (bicyclic) bond motifs is 3. The van der Waals surface area contributed by atoms with Gasteiger partial charge in [-0.3, -0.25) is 0 Å². The minimum atomic E-state index is -0.264. The van der Waals surface area contributed by atoms with E-state index in [0.29, 0.717) is 5.65 Å². The molecule has 0 saturated heterocycles. The molecule has 4 rings (SSSR count). The van der Waals surface area contributed by atoms with E-state index in [-0.39, 0.29) is 5.69 Å². The van der Waals surface area contributed by atoms with E-state index >= 15 is 0 Å². The number of H-pyrrole nitrogens is 1. The summed E-state index contributed by atoms with van der Waals surface area (Å²) in [5, 5.41) is 8.57. The van der Waals surface area contributed by atoms with Gasteiger partial charge in [-0.1, -0.05) is 29.8 Å². The van der Waals surface area contributed by atoms with Crippen LogP contribution in [0.15, 0.2) is 40.8 Å². The lowest BCUT2D eigenvalue weighted by Crippen LogP contribution is -2.09. The summed E-state index contributed by atoms with van der Waals surface area (Å²) in [7, 11) is 0. The Morgan fingerprint density at radius 3 is 2.85 bits per heavy atom. The third-order valence-electron chi connectivity index (χ3n) is 3.34. The number of aromatic nitrogens is 4. The molecule has 5 nitrogen and oxygen atoms in total. The van der Waals surface area contributed by atoms with Crippen LogP contribution in [0, 0.1) is 6.92 Å². The highest BCUT2D eigenvalue weighted by Gasteiger charge is 2.13. The van der Waals surface area contributed by atoms with Crippen LogP contribution in [0.3, 0.4) is 0 Å². The summed E-state index contributed by atoms with van der Waals surface area (Å²) >= 11 is 1.55. The quantitative estimate of drug-likeness (QED) is 0.583. The van der Waals surface area contributed by atoms with Gasteiger partial charge in [-0.25, -0.2) is 19.3 Å². The lowest BCUT2D eigenvalue weighted by atomic mass is 10.1. The first-order valence-electron chi connectivity index (χ1n) is 6.14. The zero-order valence-corrected chi connectivity index (χ0v) is 11.4. The molecule has 4 aromatic rings. The molecule has 3 aromatic heterocycles. The van der Waals surface area contributed by atoms with Gasteiger partial charge in [-0.2, -0.15) is 5.10 Å². The fraction of sp³-hybridized carbons (Fsp3) is 0.0714. The molecule has 0 spiro atoms. The van der Waals surface area contributed by atoms with Crippen molar-refractivity contribution in [2.45, 2.75) is 6.92 Å². The minimum Gasteiger partial charge on any atom is -0.246 e. The lowest BCUT2D eigenvalue weighted by Gasteiger charge is -2.00. The van der Waals surface area contributed by atoms with Gasteiger partial charge in [0.1, 0.15) is 6.33 Å². The molecule has 6 heteroatoms. The van der Waals surface area contributed by atoms with Crippen molar-refractivity contribution in [3.05, 3.63) is 52.0 Å². The third kappa shape index (κ3) is 1.51. The molecular formula is C14H10N4OS. The molecule has 1 aromatic carbocycles. The Kier molecular flexibility index (Phi) is 2.28. The van der Waals surface area contributed by atoms with Gasteiger partial charge >= 0.3 is 5.69 Å². The Morgan fingerprint density at radius 2 is 2.05 bits per heavy atom.